The summed E-state index contributed by atoms with van der Waals surface area (Å²) in [6, 6.07) is 3.60. The van der Waals surface area contributed by atoms with Crippen LogP contribution in [0.25, 0.3) is 11.0 Å². The molecule has 0 atom stereocenters. The van der Waals surface area contributed by atoms with E-state index in [2.05, 4.69) is 14.7 Å². The molecule has 0 bridgehead atoms. The summed E-state index contributed by atoms with van der Waals surface area (Å²) in [7, 11) is -3.79. The highest BCUT2D eigenvalue weighted by atomic mass is 32.2. The number of sulfonamides is 1. The predicted octanol–water partition coefficient (Wildman–Crippen LogP) is 4.04. The van der Waals surface area contributed by atoms with Gasteiger partial charge in [-0.2, -0.15) is 0 Å². The monoisotopic (exact) mass is 421 g/mol. The minimum atomic E-state index is -3.79. The summed E-state index contributed by atoms with van der Waals surface area (Å²) in [6.07, 6.45) is 1.53. The standard InChI is InChI=1S/C20H21F2N3O3S/c1-4-7-29(27,28)25-16-6-5-15(21)18(19(16)22)17(26)9-13-8-14-11(2)12(3)24-20(14)23-10-13/h5-6,8,10,25H,4,7,9H2,1-3H3,(H,23,24). The molecule has 0 fully saturated rings. The third-order valence-corrected chi connectivity index (χ3v) is 6.17. The van der Waals surface area contributed by atoms with Gasteiger partial charge in [0.05, 0.1) is 17.0 Å². The topological polar surface area (TPSA) is 91.9 Å². The molecule has 9 heteroatoms. The van der Waals surface area contributed by atoms with Gasteiger partial charge in [0.1, 0.15) is 11.5 Å². The fraction of sp³-hybridized carbons (Fsp3) is 0.300. The van der Waals surface area contributed by atoms with Crippen LogP contribution in [0.15, 0.2) is 24.4 Å². The molecule has 2 N–H and O–H groups in total. The maximum absolute atomic E-state index is 14.8. The number of rotatable bonds is 7. The summed E-state index contributed by atoms with van der Waals surface area (Å²) in [5.41, 5.74) is 1.87. The Kier molecular flexibility index (Phi) is 5.70. The van der Waals surface area contributed by atoms with Gasteiger partial charge < -0.3 is 4.98 Å². The normalized spacial score (nSPS) is 11.8. The maximum atomic E-state index is 14.8. The number of carbonyl (C=O) groups excluding carboxylic acids is 1. The average Bonchev–Trinajstić information content (AvgIpc) is 2.92. The van der Waals surface area contributed by atoms with Gasteiger partial charge in [0.15, 0.2) is 11.6 Å². The molecule has 0 saturated heterocycles. The number of hydrogen-bond donors (Lipinski definition) is 2. The fourth-order valence-corrected chi connectivity index (χ4v) is 4.24. The van der Waals surface area contributed by atoms with Crippen molar-refractivity contribution in [2.45, 2.75) is 33.6 Å². The van der Waals surface area contributed by atoms with Gasteiger partial charge in [0.2, 0.25) is 10.0 Å². The number of nitrogens with zero attached hydrogens (tertiary/aromatic N) is 1. The van der Waals surface area contributed by atoms with Crippen molar-refractivity contribution in [3.05, 3.63) is 58.4 Å². The highest BCUT2D eigenvalue weighted by Gasteiger charge is 2.23. The Morgan fingerprint density at radius 2 is 1.97 bits per heavy atom. The molecule has 1 aromatic carbocycles. The molecule has 0 spiro atoms. The molecule has 2 heterocycles. The number of hydrogen-bond acceptors (Lipinski definition) is 4. The molecule has 6 nitrogen and oxygen atoms in total. The van der Waals surface area contributed by atoms with Crippen molar-refractivity contribution in [2.75, 3.05) is 10.5 Å². The van der Waals surface area contributed by atoms with Crippen LogP contribution in [0.3, 0.4) is 0 Å². The van der Waals surface area contributed by atoms with Crippen LogP contribution in [0.2, 0.25) is 0 Å². The molecule has 29 heavy (non-hydrogen) atoms. The molecule has 3 rings (SSSR count). The number of Topliss-reactive ketones (excluding diaryl/α,β-unsaturated/α-hetero) is 1. The van der Waals surface area contributed by atoms with E-state index in [1.807, 2.05) is 13.8 Å². The number of nitrogens with one attached hydrogen (secondary N) is 2. The van der Waals surface area contributed by atoms with E-state index in [0.29, 0.717) is 17.6 Å². The zero-order valence-corrected chi connectivity index (χ0v) is 17.1. The highest BCUT2D eigenvalue weighted by Crippen LogP contribution is 2.25. The first-order valence-electron chi connectivity index (χ1n) is 9.08. The first kappa shape index (κ1) is 20.9. The molecule has 154 valence electrons. The zero-order valence-electron chi connectivity index (χ0n) is 16.3. The van der Waals surface area contributed by atoms with Gasteiger partial charge in [-0.25, -0.2) is 22.2 Å². The van der Waals surface area contributed by atoms with Crippen LogP contribution in [-0.2, 0) is 16.4 Å². The van der Waals surface area contributed by atoms with E-state index in [4.69, 9.17) is 0 Å². The van der Waals surface area contributed by atoms with Crippen LogP contribution in [0, 0.1) is 25.5 Å². The molecule has 0 amide bonds. The molecule has 0 radical (unpaired) electrons. The van der Waals surface area contributed by atoms with Gasteiger partial charge in [0.25, 0.3) is 0 Å². The SMILES string of the molecule is CCCS(=O)(=O)Nc1ccc(F)c(C(=O)Cc2cnc3[nH]c(C)c(C)c3c2)c1F. The predicted molar refractivity (Wildman–Crippen MR) is 108 cm³/mol. The quantitative estimate of drug-likeness (QED) is 0.564. The summed E-state index contributed by atoms with van der Waals surface area (Å²) in [4.78, 5) is 20.0. The van der Waals surface area contributed by atoms with E-state index in [0.717, 1.165) is 28.8 Å². The molecule has 0 saturated carbocycles. The lowest BCUT2D eigenvalue weighted by atomic mass is 10.0. The number of halogens is 2. The third-order valence-electron chi connectivity index (χ3n) is 4.69. The van der Waals surface area contributed by atoms with Gasteiger partial charge in [0, 0.05) is 23.7 Å². The number of ketones is 1. The lowest BCUT2D eigenvalue weighted by molar-refractivity contribution is 0.0985. The largest absolute Gasteiger partial charge is 0.343 e. The summed E-state index contributed by atoms with van der Waals surface area (Å²) in [5.74, 6) is -3.29. The summed E-state index contributed by atoms with van der Waals surface area (Å²) in [5, 5.41) is 0.829. The Morgan fingerprint density at radius 3 is 2.66 bits per heavy atom. The number of H-pyrrole nitrogens is 1. The minimum absolute atomic E-state index is 0.214. The zero-order chi connectivity index (χ0) is 21.3. The van der Waals surface area contributed by atoms with E-state index in [1.165, 1.54) is 6.20 Å². The van der Waals surface area contributed by atoms with Gasteiger partial charge >= 0.3 is 0 Å². The number of carbonyl (C=O) groups is 1. The number of aromatic nitrogens is 2. The van der Waals surface area contributed by atoms with E-state index in [-0.39, 0.29) is 12.2 Å². The number of aryl methyl sites for hydroxylation is 2. The summed E-state index contributed by atoms with van der Waals surface area (Å²) in [6.45, 7) is 5.47. The van der Waals surface area contributed by atoms with E-state index in [1.54, 1.807) is 13.0 Å². The van der Waals surface area contributed by atoms with Crippen LogP contribution < -0.4 is 4.72 Å². The summed E-state index contributed by atoms with van der Waals surface area (Å²) < 4.78 is 54.9. The molecule has 0 aliphatic rings. The van der Waals surface area contributed by atoms with E-state index in [9.17, 15) is 22.0 Å². The van der Waals surface area contributed by atoms with Crippen LogP contribution in [0.1, 0.15) is 40.5 Å². The Balaban J connectivity index is 1.93. The molecular weight excluding hydrogens is 400 g/mol. The molecule has 3 aromatic rings. The molecular formula is C20H21F2N3O3S. The van der Waals surface area contributed by atoms with Crippen LogP contribution in [0.5, 0.6) is 0 Å². The Morgan fingerprint density at radius 1 is 1.24 bits per heavy atom. The number of pyridine rings is 1. The van der Waals surface area contributed by atoms with Crippen molar-refractivity contribution in [2.24, 2.45) is 0 Å². The van der Waals surface area contributed by atoms with Crippen molar-refractivity contribution in [3.63, 3.8) is 0 Å². The maximum Gasteiger partial charge on any atom is 0.232 e. The Labute approximate surface area is 167 Å². The van der Waals surface area contributed by atoms with Crippen molar-refractivity contribution in [1.82, 2.24) is 9.97 Å². The van der Waals surface area contributed by atoms with Crippen molar-refractivity contribution < 1.29 is 22.0 Å². The first-order valence-corrected chi connectivity index (χ1v) is 10.7. The van der Waals surface area contributed by atoms with Crippen LogP contribution in [0.4, 0.5) is 14.5 Å². The second-order valence-electron chi connectivity index (χ2n) is 6.92. The van der Waals surface area contributed by atoms with Crippen LogP contribution >= 0.6 is 0 Å². The first-order chi connectivity index (χ1) is 13.6. The molecule has 0 unspecified atom stereocenters. The third kappa shape index (κ3) is 4.29. The second-order valence-corrected chi connectivity index (χ2v) is 8.76. The number of benzene rings is 1. The second kappa shape index (κ2) is 7.90. The molecule has 0 aliphatic carbocycles. The van der Waals surface area contributed by atoms with Crippen molar-refractivity contribution >= 4 is 32.5 Å². The number of fused-ring (bicyclic) bond motifs is 1. The van der Waals surface area contributed by atoms with Crippen molar-refractivity contribution in [3.8, 4) is 0 Å². The highest BCUT2D eigenvalue weighted by molar-refractivity contribution is 7.92. The average molecular weight is 421 g/mol. The lowest BCUT2D eigenvalue weighted by Gasteiger charge is -2.11. The van der Waals surface area contributed by atoms with Gasteiger partial charge in [-0.15, -0.1) is 0 Å². The van der Waals surface area contributed by atoms with Gasteiger partial charge in [-0.05, 0) is 49.6 Å². The van der Waals surface area contributed by atoms with Gasteiger partial charge in [-0.3, -0.25) is 9.52 Å². The fourth-order valence-electron chi connectivity index (χ4n) is 3.11. The van der Waals surface area contributed by atoms with Crippen LogP contribution in [-0.4, -0.2) is 29.9 Å². The molecule has 0 aliphatic heterocycles. The molecule has 2 aromatic heterocycles. The number of aromatic amines is 1. The smallest absolute Gasteiger partial charge is 0.232 e. The minimum Gasteiger partial charge on any atom is -0.343 e. The van der Waals surface area contributed by atoms with Crippen molar-refractivity contribution in [1.29, 1.82) is 0 Å². The Bertz CT molecular complexity index is 1200. The number of anilines is 1. The summed E-state index contributed by atoms with van der Waals surface area (Å²) >= 11 is 0. The van der Waals surface area contributed by atoms with Gasteiger partial charge in [-0.1, -0.05) is 6.92 Å². The van der Waals surface area contributed by atoms with E-state index >= 15 is 0 Å². The lowest BCUT2D eigenvalue weighted by Crippen LogP contribution is -2.19. The Hall–Kier alpha value is -2.81. The van der Waals surface area contributed by atoms with E-state index < -0.39 is 38.7 Å².